The summed E-state index contributed by atoms with van der Waals surface area (Å²) in [7, 11) is 3.51. The number of amides is 1. The first-order valence-electron chi connectivity index (χ1n) is 8.87. The number of likely N-dealkylation sites (N-methyl/N-ethyl adjacent to an activating group) is 1. The number of benzene rings is 1. The molecule has 0 aliphatic rings. The highest BCUT2D eigenvalue weighted by Crippen LogP contribution is 2.23. The molecule has 0 radical (unpaired) electrons. The third kappa shape index (κ3) is 5.37. The van der Waals surface area contributed by atoms with Crippen molar-refractivity contribution >= 4 is 17.2 Å². The summed E-state index contributed by atoms with van der Waals surface area (Å²) in [5.41, 5.74) is 3.21. The van der Waals surface area contributed by atoms with Crippen molar-refractivity contribution in [3.8, 4) is 16.3 Å². The van der Waals surface area contributed by atoms with E-state index in [1.54, 1.807) is 35.7 Å². The van der Waals surface area contributed by atoms with E-state index >= 15 is 0 Å². The van der Waals surface area contributed by atoms with Crippen LogP contribution < -0.4 is 4.74 Å². The fourth-order valence-electron chi connectivity index (χ4n) is 2.69. The zero-order valence-corrected chi connectivity index (χ0v) is 16.4. The van der Waals surface area contributed by atoms with E-state index < -0.39 is 0 Å². The van der Waals surface area contributed by atoms with Gasteiger partial charge in [-0.05, 0) is 42.7 Å². The van der Waals surface area contributed by atoms with Crippen molar-refractivity contribution in [3.05, 3.63) is 65.4 Å². The van der Waals surface area contributed by atoms with Gasteiger partial charge >= 0.3 is 0 Å². The van der Waals surface area contributed by atoms with Crippen molar-refractivity contribution in [2.75, 3.05) is 20.7 Å². The zero-order valence-electron chi connectivity index (χ0n) is 15.6. The van der Waals surface area contributed by atoms with Gasteiger partial charge in [0.15, 0.2) is 0 Å². The monoisotopic (exact) mass is 381 g/mol. The molecule has 2 aromatic heterocycles. The minimum atomic E-state index is 0.141. The van der Waals surface area contributed by atoms with E-state index in [4.69, 9.17) is 4.74 Å². The number of aryl methyl sites for hydroxylation is 1. The Hall–Kier alpha value is -2.73. The number of thiazole rings is 1. The number of ether oxygens (including phenoxy) is 1. The van der Waals surface area contributed by atoms with Crippen molar-refractivity contribution < 1.29 is 9.53 Å². The molecule has 0 N–H and O–H groups in total. The Labute approximate surface area is 163 Å². The lowest BCUT2D eigenvalue weighted by molar-refractivity contribution is -0.129. The highest BCUT2D eigenvalue weighted by atomic mass is 32.1. The highest BCUT2D eigenvalue weighted by molar-refractivity contribution is 7.13. The summed E-state index contributed by atoms with van der Waals surface area (Å²) in [4.78, 5) is 22.8. The van der Waals surface area contributed by atoms with Crippen LogP contribution in [0.1, 0.15) is 17.7 Å². The summed E-state index contributed by atoms with van der Waals surface area (Å²) in [5, 5.41) is 2.99. The predicted molar refractivity (Wildman–Crippen MR) is 108 cm³/mol. The van der Waals surface area contributed by atoms with E-state index in [0.717, 1.165) is 28.4 Å². The Morgan fingerprint density at radius 1 is 1.11 bits per heavy atom. The van der Waals surface area contributed by atoms with Gasteiger partial charge in [0.05, 0.1) is 12.8 Å². The van der Waals surface area contributed by atoms with Crippen molar-refractivity contribution in [1.82, 2.24) is 14.9 Å². The molecule has 2 heterocycles. The van der Waals surface area contributed by atoms with Crippen molar-refractivity contribution in [1.29, 1.82) is 0 Å². The topological polar surface area (TPSA) is 55.3 Å². The average molecular weight is 382 g/mol. The van der Waals surface area contributed by atoms with Gasteiger partial charge in [0.2, 0.25) is 5.91 Å². The van der Waals surface area contributed by atoms with Crippen LogP contribution in [0.2, 0.25) is 0 Å². The molecule has 1 amide bonds. The molecule has 0 fully saturated rings. The molecule has 3 aromatic rings. The molecule has 1 aromatic carbocycles. The van der Waals surface area contributed by atoms with E-state index in [0.29, 0.717) is 19.4 Å². The van der Waals surface area contributed by atoms with Gasteiger partial charge in [-0.2, -0.15) is 0 Å². The van der Waals surface area contributed by atoms with E-state index in [1.165, 1.54) is 5.56 Å². The van der Waals surface area contributed by atoms with E-state index in [-0.39, 0.29) is 5.91 Å². The van der Waals surface area contributed by atoms with E-state index in [9.17, 15) is 4.79 Å². The quantitative estimate of drug-likeness (QED) is 0.595. The highest BCUT2D eigenvalue weighted by Gasteiger charge is 2.11. The standard InChI is InChI=1S/C21H23N3O2S/c1-24(14-11-16-3-6-19(26-2)7-4-16)20(25)8-5-18-15-27-21(23-18)17-9-12-22-13-10-17/h3-4,6-7,9-10,12-13,15H,5,8,11,14H2,1-2H3. The Morgan fingerprint density at radius 3 is 2.56 bits per heavy atom. The molecule has 0 atom stereocenters. The minimum absolute atomic E-state index is 0.141. The van der Waals surface area contributed by atoms with Gasteiger partial charge in [-0.15, -0.1) is 11.3 Å². The number of hydrogen-bond acceptors (Lipinski definition) is 5. The molecule has 140 valence electrons. The maximum Gasteiger partial charge on any atom is 0.222 e. The molecule has 0 spiro atoms. The van der Waals surface area contributed by atoms with E-state index in [1.807, 2.05) is 48.8 Å². The van der Waals surface area contributed by atoms with Gasteiger partial charge in [0.1, 0.15) is 10.8 Å². The second kappa shape index (κ2) is 9.28. The fourth-order valence-corrected chi connectivity index (χ4v) is 3.55. The molecule has 27 heavy (non-hydrogen) atoms. The molecule has 5 nitrogen and oxygen atoms in total. The molecule has 3 rings (SSSR count). The Morgan fingerprint density at radius 2 is 1.85 bits per heavy atom. The van der Waals surface area contributed by atoms with Gasteiger partial charge in [0, 0.05) is 43.4 Å². The second-order valence-corrected chi connectivity index (χ2v) is 7.15. The van der Waals surface area contributed by atoms with Gasteiger partial charge in [-0.3, -0.25) is 9.78 Å². The van der Waals surface area contributed by atoms with Gasteiger partial charge in [0.25, 0.3) is 0 Å². The van der Waals surface area contributed by atoms with Crippen LogP contribution in [0.3, 0.4) is 0 Å². The molecule has 6 heteroatoms. The first-order valence-corrected chi connectivity index (χ1v) is 9.75. The van der Waals surface area contributed by atoms with E-state index in [2.05, 4.69) is 9.97 Å². The van der Waals surface area contributed by atoms with Crippen molar-refractivity contribution in [2.45, 2.75) is 19.3 Å². The molecule has 0 aliphatic carbocycles. The third-order valence-corrected chi connectivity index (χ3v) is 5.33. The third-order valence-electron chi connectivity index (χ3n) is 4.39. The lowest BCUT2D eigenvalue weighted by atomic mass is 10.1. The summed E-state index contributed by atoms with van der Waals surface area (Å²) in [6, 6.07) is 11.8. The van der Waals surface area contributed by atoms with Crippen molar-refractivity contribution in [3.63, 3.8) is 0 Å². The Kier molecular flexibility index (Phi) is 6.54. The fraction of sp³-hybridized carbons (Fsp3) is 0.286. The maximum absolute atomic E-state index is 12.4. The number of carbonyl (C=O) groups excluding carboxylic acids is 1. The van der Waals surface area contributed by atoms with Crippen LogP contribution >= 0.6 is 11.3 Å². The summed E-state index contributed by atoms with van der Waals surface area (Å²) in [6.07, 6.45) is 5.48. The van der Waals surface area contributed by atoms with Crippen LogP contribution in [0.5, 0.6) is 5.75 Å². The molecule has 0 unspecified atom stereocenters. The smallest absolute Gasteiger partial charge is 0.222 e. The maximum atomic E-state index is 12.4. The number of methoxy groups -OCH3 is 1. The number of aromatic nitrogens is 2. The van der Waals surface area contributed by atoms with Crippen LogP contribution in [-0.4, -0.2) is 41.5 Å². The van der Waals surface area contributed by atoms with Crippen LogP contribution in [0.4, 0.5) is 0 Å². The summed E-state index contributed by atoms with van der Waals surface area (Å²) < 4.78 is 5.16. The normalized spacial score (nSPS) is 10.6. The summed E-state index contributed by atoms with van der Waals surface area (Å²) in [6.45, 7) is 0.699. The van der Waals surface area contributed by atoms with Crippen LogP contribution in [0.25, 0.3) is 10.6 Å². The first kappa shape index (κ1) is 19.0. The Bertz CT molecular complexity index is 863. The van der Waals surface area contributed by atoms with Crippen molar-refractivity contribution in [2.24, 2.45) is 0 Å². The number of nitrogens with zero attached hydrogens (tertiary/aromatic N) is 3. The minimum Gasteiger partial charge on any atom is -0.497 e. The number of carbonyl (C=O) groups is 1. The molecule has 0 bridgehead atoms. The largest absolute Gasteiger partial charge is 0.497 e. The summed E-state index contributed by atoms with van der Waals surface area (Å²) in [5.74, 6) is 0.986. The predicted octanol–water partition coefficient (Wildman–Crippen LogP) is 3.85. The number of rotatable bonds is 8. The number of pyridine rings is 1. The molecular formula is C21H23N3O2S. The number of hydrogen-bond donors (Lipinski definition) is 0. The van der Waals surface area contributed by atoms with Crippen LogP contribution in [0, 0.1) is 0 Å². The second-order valence-electron chi connectivity index (χ2n) is 6.29. The zero-order chi connectivity index (χ0) is 19.1. The molecule has 0 saturated heterocycles. The SMILES string of the molecule is COc1ccc(CCN(C)C(=O)CCc2csc(-c3ccncc3)n2)cc1. The Balaban J connectivity index is 1.46. The lowest BCUT2D eigenvalue weighted by Crippen LogP contribution is -2.29. The average Bonchev–Trinajstić information content (AvgIpc) is 3.20. The van der Waals surface area contributed by atoms with Crippen LogP contribution in [0.15, 0.2) is 54.2 Å². The first-order chi connectivity index (χ1) is 13.2. The van der Waals surface area contributed by atoms with Gasteiger partial charge in [-0.1, -0.05) is 12.1 Å². The van der Waals surface area contributed by atoms with Gasteiger partial charge in [-0.25, -0.2) is 4.98 Å². The van der Waals surface area contributed by atoms with Gasteiger partial charge < -0.3 is 9.64 Å². The summed E-state index contributed by atoms with van der Waals surface area (Å²) >= 11 is 1.60. The van der Waals surface area contributed by atoms with Crippen LogP contribution in [-0.2, 0) is 17.6 Å². The molecule has 0 saturated carbocycles. The lowest BCUT2D eigenvalue weighted by Gasteiger charge is -2.17. The molecule has 0 aliphatic heterocycles. The molecular weight excluding hydrogens is 358 g/mol.